The molecule has 3 atom stereocenters. The van der Waals surface area contributed by atoms with Gasteiger partial charge in [-0.15, -0.1) is 0 Å². The molecule has 3 unspecified atom stereocenters. The maximum atomic E-state index is 12.4. The Balaban J connectivity index is 1.81. The van der Waals surface area contributed by atoms with Crippen molar-refractivity contribution in [2.45, 2.75) is 51.9 Å². The lowest BCUT2D eigenvalue weighted by Gasteiger charge is -2.38. The Morgan fingerprint density at radius 2 is 1.95 bits per heavy atom. The van der Waals surface area contributed by atoms with Crippen molar-refractivity contribution in [1.82, 2.24) is 9.80 Å². The molecule has 1 amide bonds. The topological polar surface area (TPSA) is 42.0 Å². The number of likely N-dealkylation sites (tertiary alicyclic amines) is 1. The van der Waals surface area contributed by atoms with E-state index in [9.17, 15) is 4.79 Å². The molecule has 2 heterocycles. The summed E-state index contributed by atoms with van der Waals surface area (Å²) in [6.45, 7) is 10.7. The maximum Gasteiger partial charge on any atom is 0.236 e. The van der Waals surface area contributed by atoms with Crippen molar-refractivity contribution in [2.75, 3.05) is 39.3 Å². The number of hydrogen-bond acceptors (Lipinski definition) is 4. The molecule has 0 aromatic rings. The maximum absolute atomic E-state index is 12.4. The Hall–Kier alpha value is -0.650. The number of rotatable bonds is 4. The van der Waals surface area contributed by atoms with Crippen molar-refractivity contribution in [1.29, 1.82) is 0 Å². The normalized spacial score (nSPS) is 32.4. The van der Waals surface area contributed by atoms with Crippen molar-refractivity contribution in [3.8, 4) is 0 Å². The van der Waals surface area contributed by atoms with E-state index in [-0.39, 0.29) is 18.1 Å². The molecule has 0 aliphatic carbocycles. The molecule has 2 aliphatic heterocycles. The van der Waals surface area contributed by atoms with Gasteiger partial charge in [0.05, 0.1) is 24.9 Å². The Labute approximate surface area is 122 Å². The minimum absolute atomic E-state index is 0.139. The van der Waals surface area contributed by atoms with Crippen LogP contribution < -0.4 is 0 Å². The van der Waals surface area contributed by atoms with Gasteiger partial charge in [0.15, 0.2) is 0 Å². The molecule has 0 aromatic heterocycles. The van der Waals surface area contributed by atoms with Gasteiger partial charge in [-0.1, -0.05) is 0 Å². The Morgan fingerprint density at radius 1 is 1.25 bits per heavy atom. The van der Waals surface area contributed by atoms with Crippen LogP contribution in [0.3, 0.4) is 0 Å². The molecule has 2 rings (SSSR count). The largest absolute Gasteiger partial charge is 0.377 e. The first-order chi connectivity index (χ1) is 9.58. The van der Waals surface area contributed by atoms with Crippen molar-refractivity contribution in [3.05, 3.63) is 0 Å². The van der Waals surface area contributed by atoms with Crippen LogP contribution in [0.5, 0.6) is 0 Å². The summed E-state index contributed by atoms with van der Waals surface area (Å²) in [7, 11) is 0. The van der Waals surface area contributed by atoms with Gasteiger partial charge < -0.3 is 14.4 Å². The molecular weight excluding hydrogens is 256 g/mol. The fraction of sp³-hybridized carbons (Fsp3) is 0.933. The third-order valence-corrected chi connectivity index (χ3v) is 4.00. The molecule has 5 nitrogen and oxygen atoms in total. The monoisotopic (exact) mass is 284 g/mol. The molecule has 5 heteroatoms. The molecule has 0 radical (unpaired) electrons. The second kappa shape index (κ2) is 7.38. The average Bonchev–Trinajstić information content (AvgIpc) is 2.38. The van der Waals surface area contributed by atoms with Crippen LogP contribution in [-0.4, -0.2) is 73.3 Å². The lowest BCUT2D eigenvalue weighted by molar-refractivity contribution is -0.145. The molecular formula is C15H28N2O3. The number of morpholine rings is 1. The van der Waals surface area contributed by atoms with E-state index in [1.54, 1.807) is 0 Å². The van der Waals surface area contributed by atoms with E-state index in [0.29, 0.717) is 25.7 Å². The van der Waals surface area contributed by atoms with Crippen LogP contribution >= 0.6 is 0 Å². The number of hydrogen-bond donors (Lipinski definition) is 0. The zero-order valence-electron chi connectivity index (χ0n) is 13.0. The van der Waals surface area contributed by atoms with Crippen molar-refractivity contribution < 1.29 is 14.3 Å². The summed E-state index contributed by atoms with van der Waals surface area (Å²) < 4.78 is 11.4. The van der Waals surface area contributed by atoms with E-state index in [2.05, 4.69) is 4.90 Å². The van der Waals surface area contributed by atoms with Crippen LogP contribution in [0.25, 0.3) is 0 Å². The molecule has 116 valence electrons. The zero-order chi connectivity index (χ0) is 14.5. The van der Waals surface area contributed by atoms with Gasteiger partial charge in [-0.05, 0) is 40.2 Å². The fourth-order valence-corrected chi connectivity index (χ4v) is 3.20. The summed E-state index contributed by atoms with van der Waals surface area (Å²) in [5.74, 6) is 0.226. The highest BCUT2D eigenvalue weighted by Crippen LogP contribution is 2.15. The lowest BCUT2D eigenvalue weighted by atomic mass is 10.1. The first kappa shape index (κ1) is 15.7. The number of ether oxygens (including phenoxy) is 2. The minimum atomic E-state index is 0.139. The average molecular weight is 284 g/mol. The van der Waals surface area contributed by atoms with E-state index >= 15 is 0 Å². The highest BCUT2D eigenvalue weighted by atomic mass is 16.5. The molecule has 20 heavy (non-hydrogen) atoms. The van der Waals surface area contributed by atoms with Crippen molar-refractivity contribution >= 4 is 5.91 Å². The molecule has 0 saturated carbocycles. The van der Waals surface area contributed by atoms with Crippen molar-refractivity contribution in [3.63, 3.8) is 0 Å². The molecule has 2 fully saturated rings. The SMILES string of the molecule is CCOC1CCCN(CC(=O)N2CC(C)OC(C)C2)C1. The fourth-order valence-electron chi connectivity index (χ4n) is 3.20. The Bertz CT molecular complexity index is 312. The van der Waals surface area contributed by atoms with Gasteiger partial charge in [0.25, 0.3) is 0 Å². The van der Waals surface area contributed by atoms with Crippen LogP contribution in [0, 0.1) is 0 Å². The predicted octanol–water partition coefficient (Wildman–Crippen LogP) is 1.12. The molecule has 0 bridgehead atoms. The zero-order valence-corrected chi connectivity index (χ0v) is 13.0. The summed E-state index contributed by atoms with van der Waals surface area (Å²) in [6, 6.07) is 0. The third-order valence-electron chi connectivity index (χ3n) is 4.00. The molecule has 0 N–H and O–H groups in total. The van der Waals surface area contributed by atoms with Crippen LogP contribution in [-0.2, 0) is 14.3 Å². The summed E-state index contributed by atoms with van der Waals surface area (Å²) in [6.07, 6.45) is 2.81. The standard InChI is InChI=1S/C15H28N2O3/c1-4-19-14-6-5-7-16(10-14)11-15(18)17-8-12(2)20-13(3)9-17/h12-14H,4-11H2,1-3H3. The second-order valence-electron chi connectivity index (χ2n) is 6.01. The van der Waals surface area contributed by atoms with Gasteiger partial charge in [-0.3, -0.25) is 9.69 Å². The van der Waals surface area contributed by atoms with E-state index in [4.69, 9.17) is 9.47 Å². The number of carbonyl (C=O) groups excluding carboxylic acids is 1. The number of amides is 1. The molecule has 0 aromatic carbocycles. The number of nitrogens with zero attached hydrogens (tertiary/aromatic N) is 2. The first-order valence-corrected chi connectivity index (χ1v) is 7.85. The van der Waals surface area contributed by atoms with Crippen LogP contribution in [0.2, 0.25) is 0 Å². The van der Waals surface area contributed by atoms with Crippen LogP contribution in [0.1, 0.15) is 33.6 Å². The van der Waals surface area contributed by atoms with E-state index in [1.165, 1.54) is 0 Å². The van der Waals surface area contributed by atoms with Gasteiger partial charge in [0.2, 0.25) is 5.91 Å². The lowest BCUT2D eigenvalue weighted by Crippen LogP contribution is -2.52. The summed E-state index contributed by atoms with van der Waals surface area (Å²) in [5.41, 5.74) is 0. The van der Waals surface area contributed by atoms with Gasteiger partial charge in [-0.25, -0.2) is 0 Å². The highest BCUT2D eigenvalue weighted by molar-refractivity contribution is 5.78. The minimum Gasteiger partial charge on any atom is -0.377 e. The number of piperidine rings is 1. The van der Waals surface area contributed by atoms with E-state index in [1.807, 2.05) is 25.7 Å². The van der Waals surface area contributed by atoms with Gasteiger partial charge in [0, 0.05) is 26.2 Å². The highest BCUT2D eigenvalue weighted by Gasteiger charge is 2.28. The van der Waals surface area contributed by atoms with E-state index < -0.39 is 0 Å². The van der Waals surface area contributed by atoms with Gasteiger partial charge in [-0.2, -0.15) is 0 Å². The Kier molecular flexibility index (Phi) is 5.81. The van der Waals surface area contributed by atoms with Crippen LogP contribution in [0.15, 0.2) is 0 Å². The number of carbonyl (C=O) groups is 1. The first-order valence-electron chi connectivity index (χ1n) is 7.85. The van der Waals surface area contributed by atoms with E-state index in [0.717, 1.165) is 32.5 Å². The summed E-state index contributed by atoms with van der Waals surface area (Å²) in [5, 5.41) is 0. The molecule has 0 spiro atoms. The quantitative estimate of drug-likeness (QED) is 0.776. The third kappa shape index (κ3) is 4.43. The second-order valence-corrected chi connectivity index (χ2v) is 6.01. The van der Waals surface area contributed by atoms with Crippen LogP contribution in [0.4, 0.5) is 0 Å². The smallest absolute Gasteiger partial charge is 0.236 e. The van der Waals surface area contributed by atoms with Crippen molar-refractivity contribution in [2.24, 2.45) is 0 Å². The van der Waals surface area contributed by atoms with Gasteiger partial charge in [0.1, 0.15) is 0 Å². The molecule has 2 aliphatic rings. The van der Waals surface area contributed by atoms with Gasteiger partial charge >= 0.3 is 0 Å². The molecule has 2 saturated heterocycles. The summed E-state index contributed by atoms with van der Waals surface area (Å²) >= 11 is 0. The predicted molar refractivity (Wildman–Crippen MR) is 77.7 cm³/mol. The summed E-state index contributed by atoms with van der Waals surface area (Å²) in [4.78, 5) is 16.6. The Morgan fingerprint density at radius 3 is 2.60 bits per heavy atom.